The van der Waals surface area contributed by atoms with Crippen molar-refractivity contribution in [2.24, 2.45) is 5.73 Å². The highest BCUT2D eigenvalue weighted by Crippen LogP contribution is 2.38. The van der Waals surface area contributed by atoms with Crippen LogP contribution in [0.15, 0.2) is 36.7 Å². The minimum Gasteiger partial charge on any atom is -0.368 e. The minimum absolute atomic E-state index is 0.175. The van der Waals surface area contributed by atoms with Crippen molar-refractivity contribution in [2.45, 2.75) is 18.5 Å². The van der Waals surface area contributed by atoms with Gasteiger partial charge in [-0.2, -0.15) is 0 Å². The third-order valence-electron chi connectivity index (χ3n) is 5.22. The van der Waals surface area contributed by atoms with Crippen LogP contribution >= 0.6 is 0 Å². The molecule has 2 N–H and O–H groups in total. The number of benzene rings is 1. The van der Waals surface area contributed by atoms with Crippen LogP contribution < -0.4 is 10.6 Å². The number of nitrogens with two attached hydrogens (primary N) is 1. The number of urea groups is 1. The highest BCUT2D eigenvalue weighted by Gasteiger charge is 2.56. The van der Waals surface area contributed by atoms with Crippen LogP contribution in [0.1, 0.15) is 12.2 Å². The van der Waals surface area contributed by atoms with E-state index in [2.05, 4.69) is 9.88 Å². The van der Waals surface area contributed by atoms with Gasteiger partial charge in [0.05, 0.1) is 13.1 Å². The summed E-state index contributed by atoms with van der Waals surface area (Å²) in [6, 6.07) is 7.51. The molecular formula is C19H23N6O2. The molecule has 4 rings (SSSR count). The Labute approximate surface area is 158 Å². The maximum absolute atomic E-state index is 12.8. The lowest BCUT2D eigenvalue weighted by Crippen LogP contribution is -2.53. The summed E-state index contributed by atoms with van der Waals surface area (Å²) in [7, 11) is 4.00. The molecule has 1 aromatic carbocycles. The Bertz CT molecular complexity index is 875. The molecule has 0 saturated carbocycles. The SMILES string of the molecule is CN(C)Cc1nccn1-c1ccc(N2C[C@@]3(C(N)=O)[CH]CCN3C2=O)cc1. The van der Waals surface area contributed by atoms with Gasteiger partial charge in [0.15, 0.2) is 0 Å². The van der Waals surface area contributed by atoms with Crippen molar-refractivity contribution >= 4 is 17.6 Å². The van der Waals surface area contributed by atoms with Gasteiger partial charge in [0.25, 0.3) is 0 Å². The largest absolute Gasteiger partial charge is 0.368 e. The summed E-state index contributed by atoms with van der Waals surface area (Å²) < 4.78 is 2.02. The van der Waals surface area contributed by atoms with Crippen LogP contribution in [-0.4, -0.2) is 64.0 Å². The van der Waals surface area contributed by atoms with Crippen molar-refractivity contribution in [2.75, 3.05) is 32.1 Å². The summed E-state index contributed by atoms with van der Waals surface area (Å²) in [6.45, 7) is 1.52. The predicted molar refractivity (Wildman–Crippen MR) is 101 cm³/mol. The Morgan fingerprint density at radius 2 is 1.96 bits per heavy atom. The molecule has 0 bridgehead atoms. The Morgan fingerprint density at radius 3 is 2.59 bits per heavy atom. The van der Waals surface area contributed by atoms with Gasteiger partial charge in [-0.15, -0.1) is 0 Å². The molecule has 2 aromatic rings. The summed E-state index contributed by atoms with van der Waals surface area (Å²) in [4.78, 5) is 34.5. The fourth-order valence-corrected chi connectivity index (χ4v) is 3.89. The predicted octanol–water partition coefficient (Wildman–Crippen LogP) is 1.01. The lowest BCUT2D eigenvalue weighted by atomic mass is 9.96. The van der Waals surface area contributed by atoms with E-state index in [4.69, 9.17) is 5.73 Å². The zero-order valence-corrected chi connectivity index (χ0v) is 15.5. The first-order valence-electron chi connectivity index (χ1n) is 8.93. The van der Waals surface area contributed by atoms with E-state index in [1.54, 1.807) is 16.0 Å². The maximum Gasteiger partial charge on any atom is 0.325 e. The second-order valence-electron chi connectivity index (χ2n) is 7.27. The molecule has 3 heterocycles. The van der Waals surface area contributed by atoms with Gasteiger partial charge in [-0.25, -0.2) is 9.78 Å². The number of hydrogen-bond acceptors (Lipinski definition) is 4. The molecule has 27 heavy (non-hydrogen) atoms. The molecule has 1 radical (unpaired) electrons. The summed E-state index contributed by atoms with van der Waals surface area (Å²) in [6.07, 6.45) is 6.25. The van der Waals surface area contributed by atoms with E-state index in [-0.39, 0.29) is 12.6 Å². The summed E-state index contributed by atoms with van der Waals surface area (Å²) in [5.74, 6) is 0.465. The van der Waals surface area contributed by atoms with Crippen molar-refractivity contribution in [1.82, 2.24) is 19.4 Å². The second-order valence-corrected chi connectivity index (χ2v) is 7.27. The van der Waals surface area contributed by atoms with Gasteiger partial charge >= 0.3 is 6.03 Å². The average molecular weight is 367 g/mol. The van der Waals surface area contributed by atoms with Gasteiger partial charge in [-0.1, -0.05) is 0 Å². The van der Waals surface area contributed by atoms with Gasteiger partial charge in [0.2, 0.25) is 5.91 Å². The standard InChI is InChI=1S/C19H23N6O2/c1-22(2)12-16-21-9-11-23(16)14-4-6-15(7-5-14)24-13-19(17(20)26)8-3-10-25(19)18(24)27/h4-9,11H,3,10,12-13H2,1-2H3,(H2,20,26)/t19-/m1/s1. The van der Waals surface area contributed by atoms with Crippen LogP contribution in [-0.2, 0) is 11.3 Å². The molecule has 3 amide bonds. The summed E-state index contributed by atoms with van der Waals surface area (Å²) >= 11 is 0. The van der Waals surface area contributed by atoms with Crippen LogP contribution in [0, 0.1) is 6.42 Å². The third-order valence-corrected chi connectivity index (χ3v) is 5.22. The van der Waals surface area contributed by atoms with Crippen LogP contribution in [0.3, 0.4) is 0 Å². The first-order chi connectivity index (χ1) is 12.9. The molecule has 141 valence electrons. The molecule has 2 aliphatic rings. The van der Waals surface area contributed by atoms with E-state index in [9.17, 15) is 9.59 Å². The molecule has 2 fully saturated rings. The van der Waals surface area contributed by atoms with Crippen LogP contribution in [0.25, 0.3) is 5.69 Å². The molecule has 0 unspecified atom stereocenters. The number of imidazole rings is 1. The maximum atomic E-state index is 12.8. The normalized spacial score (nSPS) is 22.0. The number of hydrogen-bond donors (Lipinski definition) is 1. The smallest absolute Gasteiger partial charge is 0.325 e. The fourth-order valence-electron chi connectivity index (χ4n) is 3.89. The number of amides is 3. The van der Waals surface area contributed by atoms with Gasteiger partial charge in [-0.3, -0.25) is 9.69 Å². The Hall–Kier alpha value is -2.87. The van der Waals surface area contributed by atoms with Crippen LogP contribution in [0.4, 0.5) is 10.5 Å². The first-order valence-corrected chi connectivity index (χ1v) is 8.93. The van der Waals surface area contributed by atoms with Crippen LogP contribution in [0.5, 0.6) is 0 Å². The van der Waals surface area contributed by atoms with Gasteiger partial charge in [-0.05, 0) is 44.8 Å². The monoisotopic (exact) mass is 367 g/mol. The van der Waals surface area contributed by atoms with Gasteiger partial charge < -0.3 is 20.1 Å². The van der Waals surface area contributed by atoms with E-state index >= 15 is 0 Å². The van der Waals surface area contributed by atoms with Crippen LogP contribution in [0.2, 0.25) is 0 Å². The molecular weight excluding hydrogens is 344 g/mol. The van der Waals surface area contributed by atoms with Crippen molar-refractivity contribution < 1.29 is 9.59 Å². The second kappa shape index (κ2) is 6.38. The van der Waals surface area contributed by atoms with E-state index in [1.165, 1.54) is 0 Å². The summed E-state index contributed by atoms with van der Waals surface area (Å²) in [5, 5.41) is 0. The molecule has 8 heteroatoms. The van der Waals surface area contributed by atoms with Gasteiger partial charge in [0, 0.05) is 36.7 Å². The molecule has 1 atom stereocenters. The minimum atomic E-state index is -0.987. The Kier molecular flexibility index (Phi) is 4.15. The number of carbonyl (C=O) groups is 2. The molecule has 0 aliphatic carbocycles. The lowest BCUT2D eigenvalue weighted by molar-refractivity contribution is -0.124. The number of carbonyl (C=O) groups excluding carboxylic acids is 2. The van der Waals surface area contributed by atoms with Crippen molar-refractivity contribution in [3.8, 4) is 5.69 Å². The molecule has 2 aliphatic heterocycles. The first kappa shape index (κ1) is 17.5. The van der Waals surface area contributed by atoms with E-state index in [0.717, 1.165) is 23.7 Å². The zero-order valence-electron chi connectivity index (χ0n) is 15.5. The lowest BCUT2D eigenvalue weighted by Gasteiger charge is -2.25. The average Bonchev–Trinajstić information content (AvgIpc) is 3.31. The van der Waals surface area contributed by atoms with Crippen molar-refractivity contribution in [3.63, 3.8) is 0 Å². The molecule has 1 aromatic heterocycles. The topological polar surface area (TPSA) is 87.7 Å². The fraction of sp³-hybridized carbons (Fsp3) is 0.368. The van der Waals surface area contributed by atoms with Crippen molar-refractivity contribution in [3.05, 3.63) is 48.9 Å². The number of fused-ring (bicyclic) bond motifs is 1. The zero-order chi connectivity index (χ0) is 19.2. The molecule has 2 saturated heterocycles. The number of rotatable bonds is 5. The number of primary amides is 1. The highest BCUT2D eigenvalue weighted by atomic mass is 16.2. The Balaban J connectivity index is 1.60. The number of anilines is 1. The quantitative estimate of drug-likeness (QED) is 0.854. The number of nitrogens with zero attached hydrogens (tertiary/aromatic N) is 5. The Morgan fingerprint density at radius 1 is 1.26 bits per heavy atom. The van der Waals surface area contributed by atoms with Gasteiger partial charge in [0.1, 0.15) is 11.4 Å². The third kappa shape index (κ3) is 2.76. The molecule has 8 nitrogen and oxygen atoms in total. The van der Waals surface area contributed by atoms with E-state index in [0.29, 0.717) is 13.0 Å². The van der Waals surface area contributed by atoms with E-state index in [1.807, 2.05) is 55.5 Å². The molecule has 0 spiro atoms. The van der Waals surface area contributed by atoms with Crippen molar-refractivity contribution in [1.29, 1.82) is 0 Å². The number of aromatic nitrogens is 2. The highest BCUT2D eigenvalue weighted by molar-refractivity contribution is 6.04. The summed E-state index contributed by atoms with van der Waals surface area (Å²) in [5.41, 5.74) is 6.35. The van der Waals surface area contributed by atoms with E-state index < -0.39 is 11.4 Å².